The van der Waals surface area contributed by atoms with E-state index in [0.717, 1.165) is 11.8 Å². The van der Waals surface area contributed by atoms with Crippen LogP contribution in [-0.2, 0) is 0 Å². The summed E-state index contributed by atoms with van der Waals surface area (Å²) in [6, 6.07) is 0. The first-order valence-electron chi connectivity index (χ1n) is 4.68. The van der Waals surface area contributed by atoms with Crippen molar-refractivity contribution in [3.63, 3.8) is 0 Å². The summed E-state index contributed by atoms with van der Waals surface area (Å²) < 4.78 is 0. The van der Waals surface area contributed by atoms with Crippen LogP contribution in [0.4, 0.5) is 0 Å². The van der Waals surface area contributed by atoms with Crippen LogP contribution in [-0.4, -0.2) is 24.0 Å². The highest BCUT2D eigenvalue weighted by molar-refractivity contribution is 4.95. The monoisotopic (exact) mass is 155 g/mol. The van der Waals surface area contributed by atoms with Gasteiger partial charge in [0.05, 0.1) is 0 Å². The molecule has 0 aliphatic carbocycles. The van der Waals surface area contributed by atoms with Crippen molar-refractivity contribution in [1.29, 1.82) is 0 Å². The molecule has 1 saturated heterocycles. The molecule has 11 heavy (non-hydrogen) atoms. The molecule has 0 aromatic rings. The molecule has 1 nitrogen and oxygen atoms in total. The number of hydrogen-bond acceptors (Lipinski definition) is 1. The second-order valence-corrected chi connectivity index (χ2v) is 4.70. The third kappa shape index (κ3) is 1.44. The van der Waals surface area contributed by atoms with E-state index in [1.54, 1.807) is 0 Å². The second-order valence-electron chi connectivity index (χ2n) is 4.70. The van der Waals surface area contributed by atoms with Gasteiger partial charge in [-0.1, -0.05) is 20.8 Å². The van der Waals surface area contributed by atoms with E-state index in [2.05, 4.69) is 39.6 Å². The first-order chi connectivity index (χ1) is 4.97. The number of rotatable bonds is 1. The zero-order valence-corrected chi connectivity index (χ0v) is 8.52. The molecule has 0 aromatic heterocycles. The summed E-state index contributed by atoms with van der Waals surface area (Å²) in [5.41, 5.74) is 0.458. The van der Waals surface area contributed by atoms with Gasteiger partial charge in [0.25, 0.3) is 0 Å². The van der Waals surface area contributed by atoms with Crippen molar-refractivity contribution in [2.45, 2.75) is 39.7 Å². The summed E-state index contributed by atoms with van der Waals surface area (Å²) in [5.74, 6) is 1.66. The second kappa shape index (κ2) is 2.78. The van der Waals surface area contributed by atoms with Gasteiger partial charge >= 0.3 is 0 Å². The van der Waals surface area contributed by atoms with E-state index in [1.165, 1.54) is 13.0 Å². The molecule has 1 heteroatoms. The van der Waals surface area contributed by atoms with E-state index in [0.29, 0.717) is 5.54 Å². The molecular weight excluding hydrogens is 134 g/mol. The van der Waals surface area contributed by atoms with Crippen LogP contribution in [0.2, 0.25) is 0 Å². The largest absolute Gasteiger partial charge is 0.300 e. The lowest BCUT2D eigenvalue weighted by Gasteiger charge is -2.36. The van der Waals surface area contributed by atoms with E-state index >= 15 is 0 Å². The highest BCUT2D eigenvalue weighted by Gasteiger charge is 2.39. The molecule has 0 amide bonds. The van der Waals surface area contributed by atoms with Crippen LogP contribution in [0, 0.1) is 11.8 Å². The molecule has 0 spiro atoms. The van der Waals surface area contributed by atoms with Gasteiger partial charge in [0.15, 0.2) is 0 Å². The van der Waals surface area contributed by atoms with Crippen LogP contribution in [0.15, 0.2) is 0 Å². The van der Waals surface area contributed by atoms with Crippen molar-refractivity contribution in [1.82, 2.24) is 4.90 Å². The number of nitrogens with zero attached hydrogens (tertiary/aromatic N) is 1. The quantitative estimate of drug-likeness (QED) is 0.562. The van der Waals surface area contributed by atoms with Gasteiger partial charge in [-0.05, 0) is 32.2 Å². The predicted molar refractivity (Wildman–Crippen MR) is 49.7 cm³/mol. The predicted octanol–water partition coefficient (Wildman–Crippen LogP) is 2.37. The lowest BCUT2D eigenvalue weighted by Crippen LogP contribution is -2.42. The fourth-order valence-electron chi connectivity index (χ4n) is 2.28. The summed E-state index contributed by atoms with van der Waals surface area (Å²) >= 11 is 0. The fraction of sp³-hybridized carbons (Fsp3) is 1.00. The summed E-state index contributed by atoms with van der Waals surface area (Å²) in [4.78, 5) is 2.52. The Kier molecular flexibility index (Phi) is 2.29. The van der Waals surface area contributed by atoms with Crippen molar-refractivity contribution >= 4 is 0 Å². The van der Waals surface area contributed by atoms with Crippen molar-refractivity contribution in [2.24, 2.45) is 11.8 Å². The molecule has 1 aliphatic rings. The topological polar surface area (TPSA) is 3.24 Å². The van der Waals surface area contributed by atoms with Crippen molar-refractivity contribution in [2.75, 3.05) is 13.6 Å². The Morgan fingerprint density at radius 1 is 1.45 bits per heavy atom. The maximum Gasteiger partial charge on any atom is 0.0204 e. The van der Waals surface area contributed by atoms with E-state index in [1.807, 2.05) is 0 Å². The molecule has 2 atom stereocenters. The molecule has 0 saturated carbocycles. The first kappa shape index (κ1) is 9.05. The smallest absolute Gasteiger partial charge is 0.0204 e. The van der Waals surface area contributed by atoms with Gasteiger partial charge < -0.3 is 4.90 Å². The lowest BCUT2D eigenvalue weighted by molar-refractivity contribution is 0.136. The van der Waals surface area contributed by atoms with Crippen LogP contribution < -0.4 is 0 Å². The van der Waals surface area contributed by atoms with E-state index in [4.69, 9.17) is 0 Å². The first-order valence-corrected chi connectivity index (χ1v) is 4.68. The molecule has 0 radical (unpaired) electrons. The average molecular weight is 155 g/mol. The minimum Gasteiger partial charge on any atom is -0.300 e. The van der Waals surface area contributed by atoms with E-state index in [-0.39, 0.29) is 0 Å². The third-order valence-corrected chi connectivity index (χ3v) is 3.46. The molecule has 0 aromatic carbocycles. The lowest BCUT2D eigenvalue weighted by atomic mass is 9.84. The van der Waals surface area contributed by atoms with Crippen molar-refractivity contribution in [3.8, 4) is 0 Å². The standard InChI is InChI=1S/C10H21N/c1-8(2)10(4)6-9(3)7-11(10)5/h8-9H,6-7H2,1-5H3/t9-,10?/m1/s1. The summed E-state index contributed by atoms with van der Waals surface area (Å²) in [5, 5.41) is 0. The van der Waals surface area contributed by atoms with Gasteiger partial charge in [0.2, 0.25) is 0 Å². The average Bonchev–Trinajstić information content (AvgIpc) is 2.08. The molecule has 66 valence electrons. The zero-order valence-electron chi connectivity index (χ0n) is 8.52. The van der Waals surface area contributed by atoms with Gasteiger partial charge in [0.1, 0.15) is 0 Å². The van der Waals surface area contributed by atoms with Gasteiger partial charge in [0, 0.05) is 12.1 Å². The molecule has 1 aliphatic heterocycles. The molecule has 1 fully saturated rings. The summed E-state index contributed by atoms with van der Waals surface area (Å²) in [6.45, 7) is 10.7. The van der Waals surface area contributed by atoms with E-state index in [9.17, 15) is 0 Å². The highest BCUT2D eigenvalue weighted by atomic mass is 15.2. The van der Waals surface area contributed by atoms with Crippen LogP contribution in [0.5, 0.6) is 0 Å². The molecule has 0 bridgehead atoms. The maximum absolute atomic E-state index is 2.52. The van der Waals surface area contributed by atoms with Crippen LogP contribution in [0.3, 0.4) is 0 Å². The van der Waals surface area contributed by atoms with Gasteiger partial charge in [-0.2, -0.15) is 0 Å². The zero-order chi connectivity index (χ0) is 8.65. The van der Waals surface area contributed by atoms with Crippen molar-refractivity contribution < 1.29 is 0 Å². The van der Waals surface area contributed by atoms with E-state index < -0.39 is 0 Å². The normalized spacial score (nSPS) is 40.4. The fourth-order valence-corrected chi connectivity index (χ4v) is 2.28. The SMILES string of the molecule is CC(C)C1(C)C[C@@H](C)CN1C. The van der Waals surface area contributed by atoms with Crippen LogP contribution in [0.25, 0.3) is 0 Å². The number of likely N-dealkylation sites (tertiary alicyclic amines) is 1. The van der Waals surface area contributed by atoms with Gasteiger partial charge in [-0.15, -0.1) is 0 Å². The Morgan fingerprint density at radius 2 is 2.00 bits per heavy atom. The Morgan fingerprint density at radius 3 is 2.18 bits per heavy atom. The number of hydrogen-bond donors (Lipinski definition) is 0. The third-order valence-electron chi connectivity index (χ3n) is 3.46. The minimum atomic E-state index is 0.458. The maximum atomic E-state index is 2.52. The van der Waals surface area contributed by atoms with Crippen LogP contribution in [0.1, 0.15) is 34.1 Å². The molecule has 1 heterocycles. The Labute approximate surface area is 70.8 Å². The molecule has 0 N–H and O–H groups in total. The Hall–Kier alpha value is -0.0400. The van der Waals surface area contributed by atoms with Crippen molar-refractivity contribution in [3.05, 3.63) is 0 Å². The van der Waals surface area contributed by atoms with Gasteiger partial charge in [-0.25, -0.2) is 0 Å². The summed E-state index contributed by atoms with van der Waals surface area (Å²) in [7, 11) is 2.25. The minimum absolute atomic E-state index is 0.458. The highest BCUT2D eigenvalue weighted by Crippen LogP contribution is 2.36. The molecule has 1 rings (SSSR count). The summed E-state index contributed by atoms with van der Waals surface area (Å²) in [6.07, 6.45) is 1.36. The Bertz CT molecular complexity index is 142. The Balaban J connectivity index is 2.71. The molecular formula is C10H21N. The molecule has 1 unspecified atom stereocenters. The van der Waals surface area contributed by atoms with Crippen LogP contribution >= 0.6 is 0 Å². The van der Waals surface area contributed by atoms with Gasteiger partial charge in [-0.3, -0.25) is 0 Å².